The molecule has 0 unspecified atom stereocenters. The first kappa shape index (κ1) is 23.7. The quantitative estimate of drug-likeness (QED) is 0.505. The Balaban J connectivity index is 1.28. The SMILES string of the molecule is CCCn1c(C)ccc(-c2noc(CCCC(=O)N3CCN(c4ccccc4F)CC3)n2)c1=O. The van der Waals surface area contributed by atoms with Crippen LogP contribution in [0.4, 0.5) is 10.1 Å². The standard InChI is InChI=1S/C25H30FN5O3/c1-3-13-31-18(2)11-12-19(25(31)33)24-27-22(34-28-24)9-6-10-23(32)30-16-14-29(15-17-30)21-8-5-4-7-20(21)26/h4-5,7-8,11-12H,3,6,9-10,13-17H2,1-2H3. The number of para-hydroxylation sites is 1. The number of benzene rings is 1. The smallest absolute Gasteiger partial charge is 0.261 e. The third kappa shape index (κ3) is 5.18. The molecule has 0 aliphatic carbocycles. The average molecular weight is 468 g/mol. The molecule has 1 amide bonds. The summed E-state index contributed by atoms with van der Waals surface area (Å²) in [6.07, 6.45) is 2.25. The van der Waals surface area contributed by atoms with Crippen LogP contribution >= 0.6 is 0 Å². The Kier molecular flexibility index (Phi) is 7.40. The molecule has 0 N–H and O–H groups in total. The van der Waals surface area contributed by atoms with Gasteiger partial charge in [0.25, 0.3) is 5.56 Å². The Bertz CT molecular complexity index is 1200. The summed E-state index contributed by atoms with van der Waals surface area (Å²) in [5.41, 5.74) is 1.76. The molecule has 1 aliphatic heterocycles. The molecule has 3 aromatic rings. The molecule has 4 rings (SSSR count). The molecule has 8 nitrogen and oxygen atoms in total. The molecular weight excluding hydrogens is 437 g/mol. The third-order valence-electron chi connectivity index (χ3n) is 6.16. The number of hydrogen-bond donors (Lipinski definition) is 0. The first-order chi connectivity index (χ1) is 16.5. The summed E-state index contributed by atoms with van der Waals surface area (Å²) >= 11 is 0. The van der Waals surface area contributed by atoms with Crippen LogP contribution in [0.2, 0.25) is 0 Å². The Hall–Kier alpha value is -3.49. The second-order valence-electron chi connectivity index (χ2n) is 8.53. The number of piperazine rings is 1. The number of aromatic nitrogens is 3. The van der Waals surface area contributed by atoms with Gasteiger partial charge in [0.15, 0.2) is 0 Å². The fraction of sp³-hybridized carbons (Fsp3) is 0.440. The molecule has 1 aliphatic rings. The predicted molar refractivity (Wildman–Crippen MR) is 127 cm³/mol. The van der Waals surface area contributed by atoms with Crippen LogP contribution in [0.25, 0.3) is 11.4 Å². The van der Waals surface area contributed by atoms with Gasteiger partial charge < -0.3 is 18.9 Å². The third-order valence-corrected chi connectivity index (χ3v) is 6.16. The van der Waals surface area contributed by atoms with Crippen LogP contribution in [0.1, 0.15) is 37.8 Å². The molecule has 0 bridgehead atoms. The van der Waals surface area contributed by atoms with Crippen molar-refractivity contribution in [1.29, 1.82) is 0 Å². The van der Waals surface area contributed by atoms with Gasteiger partial charge in [0, 0.05) is 51.3 Å². The van der Waals surface area contributed by atoms with E-state index in [1.54, 1.807) is 22.8 Å². The van der Waals surface area contributed by atoms with E-state index in [0.717, 1.165) is 12.1 Å². The van der Waals surface area contributed by atoms with Gasteiger partial charge in [-0.15, -0.1) is 0 Å². The van der Waals surface area contributed by atoms with Gasteiger partial charge in [0.05, 0.1) is 11.3 Å². The number of anilines is 1. The van der Waals surface area contributed by atoms with Gasteiger partial charge in [-0.2, -0.15) is 4.98 Å². The van der Waals surface area contributed by atoms with Crippen molar-refractivity contribution in [3.05, 3.63) is 64.2 Å². The van der Waals surface area contributed by atoms with Crippen molar-refractivity contribution in [3.8, 4) is 11.4 Å². The lowest BCUT2D eigenvalue weighted by Gasteiger charge is -2.36. The highest BCUT2D eigenvalue weighted by Gasteiger charge is 2.22. The van der Waals surface area contributed by atoms with Crippen molar-refractivity contribution in [1.82, 2.24) is 19.6 Å². The largest absolute Gasteiger partial charge is 0.366 e. The fourth-order valence-corrected chi connectivity index (χ4v) is 4.26. The molecule has 3 heterocycles. The molecular formula is C25H30FN5O3. The maximum absolute atomic E-state index is 14.0. The van der Waals surface area contributed by atoms with E-state index in [0.29, 0.717) is 69.1 Å². The number of carbonyl (C=O) groups excluding carboxylic acids is 1. The topological polar surface area (TPSA) is 84.5 Å². The zero-order valence-corrected chi connectivity index (χ0v) is 19.7. The second kappa shape index (κ2) is 10.6. The molecule has 0 saturated carbocycles. The van der Waals surface area contributed by atoms with Crippen LogP contribution in [0.5, 0.6) is 0 Å². The molecule has 1 fully saturated rings. The average Bonchev–Trinajstić information content (AvgIpc) is 3.31. The van der Waals surface area contributed by atoms with Crippen LogP contribution in [-0.2, 0) is 17.8 Å². The molecule has 0 spiro atoms. The minimum atomic E-state index is -0.240. The van der Waals surface area contributed by atoms with Crippen LogP contribution < -0.4 is 10.5 Å². The molecule has 2 aromatic heterocycles. The number of amides is 1. The summed E-state index contributed by atoms with van der Waals surface area (Å²) < 4.78 is 21.0. The van der Waals surface area contributed by atoms with Crippen LogP contribution in [0.3, 0.4) is 0 Å². The summed E-state index contributed by atoms with van der Waals surface area (Å²) in [5, 5.41) is 3.98. The monoisotopic (exact) mass is 467 g/mol. The van der Waals surface area contributed by atoms with Gasteiger partial charge >= 0.3 is 0 Å². The van der Waals surface area contributed by atoms with E-state index in [-0.39, 0.29) is 23.1 Å². The van der Waals surface area contributed by atoms with Crippen molar-refractivity contribution in [2.45, 2.75) is 46.1 Å². The van der Waals surface area contributed by atoms with E-state index < -0.39 is 0 Å². The van der Waals surface area contributed by atoms with Crippen molar-refractivity contribution in [3.63, 3.8) is 0 Å². The summed E-state index contributed by atoms with van der Waals surface area (Å²) in [6.45, 7) is 6.90. The highest BCUT2D eigenvalue weighted by molar-refractivity contribution is 5.76. The van der Waals surface area contributed by atoms with Crippen molar-refractivity contribution in [2.75, 3.05) is 31.1 Å². The number of aryl methyl sites for hydroxylation is 2. The Morgan fingerprint density at radius 2 is 1.88 bits per heavy atom. The Labute approximate surface area is 198 Å². The summed E-state index contributed by atoms with van der Waals surface area (Å²) in [7, 11) is 0. The van der Waals surface area contributed by atoms with Gasteiger partial charge in [-0.3, -0.25) is 9.59 Å². The molecule has 1 saturated heterocycles. The maximum atomic E-state index is 14.0. The van der Waals surface area contributed by atoms with E-state index in [9.17, 15) is 14.0 Å². The zero-order valence-electron chi connectivity index (χ0n) is 19.7. The number of pyridine rings is 1. The van der Waals surface area contributed by atoms with E-state index in [2.05, 4.69) is 10.1 Å². The van der Waals surface area contributed by atoms with Crippen molar-refractivity contribution >= 4 is 11.6 Å². The molecule has 9 heteroatoms. The molecule has 0 radical (unpaired) electrons. The van der Waals surface area contributed by atoms with Crippen molar-refractivity contribution in [2.24, 2.45) is 0 Å². The summed E-state index contributed by atoms with van der Waals surface area (Å²) in [5.74, 6) is 0.514. The lowest BCUT2D eigenvalue weighted by molar-refractivity contribution is -0.131. The van der Waals surface area contributed by atoms with Crippen LogP contribution in [-0.4, -0.2) is 51.7 Å². The fourth-order valence-electron chi connectivity index (χ4n) is 4.26. The molecule has 1 aromatic carbocycles. The molecule has 34 heavy (non-hydrogen) atoms. The van der Waals surface area contributed by atoms with Gasteiger partial charge in [-0.1, -0.05) is 24.2 Å². The van der Waals surface area contributed by atoms with E-state index in [4.69, 9.17) is 4.52 Å². The summed E-state index contributed by atoms with van der Waals surface area (Å²) in [6, 6.07) is 10.3. The van der Waals surface area contributed by atoms with Gasteiger partial charge in [-0.05, 0) is 44.0 Å². The second-order valence-corrected chi connectivity index (χ2v) is 8.53. The number of nitrogens with zero attached hydrogens (tertiary/aromatic N) is 5. The Morgan fingerprint density at radius 3 is 2.62 bits per heavy atom. The highest BCUT2D eigenvalue weighted by Crippen LogP contribution is 2.20. The number of halogens is 1. The molecule has 180 valence electrons. The van der Waals surface area contributed by atoms with E-state index in [1.807, 2.05) is 35.8 Å². The van der Waals surface area contributed by atoms with E-state index in [1.165, 1.54) is 6.07 Å². The predicted octanol–water partition coefficient (Wildman–Crippen LogP) is 3.43. The normalized spacial score (nSPS) is 14.0. The van der Waals surface area contributed by atoms with Crippen LogP contribution in [0, 0.1) is 12.7 Å². The van der Waals surface area contributed by atoms with E-state index >= 15 is 0 Å². The minimum absolute atomic E-state index is 0.0638. The van der Waals surface area contributed by atoms with Gasteiger partial charge in [0.1, 0.15) is 5.82 Å². The lowest BCUT2D eigenvalue weighted by Crippen LogP contribution is -2.49. The first-order valence-corrected chi connectivity index (χ1v) is 11.8. The first-order valence-electron chi connectivity index (χ1n) is 11.8. The Morgan fingerprint density at radius 1 is 1.12 bits per heavy atom. The zero-order chi connectivity index (χ0) is 24.1. The molecule has 0 atom stereocenters. The van der Waals surface area contributed by atoms with Gasteiger partial charge in [-0.25, -0.2) is 4.39 Å². The van der Waals surface area contributed by atoms with Gasteiger partial charge in [0.2, 0.25) is 17.6 Å². The van der Waals surface area contributed by atoms with Crippen LogP contribution in [0.15, 0.2) is 45.7 Å². The minimum Gasteiger partial charge on any atom is -0.366 e. The number of carbonyl (C=O) groups is 1. The number of hydrogen-bond acceptors (Lipinski definition) is 6. The highest BCUT2D eigenvalue weighted by atomic mass is 19.1. The maximum Gasteiger partial charge on any atom is 0.261 e. The van der Waals surface area contributed by atoms with Crippen molar-refractivity contribution < 1.29 is 13.7 Å². The number of rotatable bonds is 8. The summed E-state index contributed by atoms with van der Waals surface area (Å²) in [4.78, 5) is 33.6. The lowest BCUT2D eigenvalue weighted by atomic mass is 10.2.